The molecule has 5 nitrogen and oxygen atoms in total. The highest BCUT2D eigenvalue weighted by molar-refractivity contribution is 5.75. The van der Waals surface area contributed by atoms with Gasteiger partial charge in [0.25, 0.3) is 0 Å². The molecule has 5 heteroatoms. The molecule has 1 aromatic rings. The van der Waals surface area contributed by atoms with Gasteiger partial charge in [0.2, 0.25) is 5.91 Å². The Balaban J connectivity index is 1.15. The summed E-state index contributed by atoms with van der Waals surface area (Å²) in [6, 6.07) is 12.4. The first-order valence-electron chi connectivity index (χ1n) is 14.3. The number of amides is 1. The fraction of sp³-hybridized carbons (Fsp3) is 0.759. The molecular formula is C29H46N4O. The molecule has 4 saturated heterocycles. The van der Waals surface area contributed by atoms with Gasteiger partial charge in [-0.25, -0.2) is 0 Å². The summed E-state index contributed by atoms with van der Waals surface area (Å²) in [4.78, 5) is 20.7. The Hall–Kier alpha value is -1.43. The lowest BCUT2D eigenvalue weighted by atomic mass is 9.69. The predicted molar refractivity (Wildman–Crippen MR) is 139 cm³/mol. The van der Waals surface area contributed by atoms with Gasteiger partial charge in [0.1, 0.15) is 0 Å². The number of carbonyl (C=O) groups is 1. The van der Waals surface area contributed by atoms with Crippen molar-refractivity contribution in [2.45, 2.75) is 82.8 Å². The highest BCUT2D eigenvalue weighted by atomic mass is 16.1. The fourth-order valence-electron chi connectivity index (χ4n) is 7.58. The molecular weight excluding hydrogens is 420 g/mol. The van der Waals surface area contributed by atoms with E-state index in [0.717, 1.165) is 56.8 Å². The molecule has 1 amide bonds. The lowest BCUT2D eigenvalue weighted by Gasteiger charge is -2.57. The van der Waals surface area contributed by atoms with Crippen LogP contribution in [-0.4, -0.2) is 78.5 Å². The number of rotatable bonds is 10. The number of hydrogen-bond acceptors (Lipinski definition) is 4. The molecule has 0 aromatic heterocycles. The Bertz CT molecular complexity index is 763. The summed E-state index contributed by atoms with van der Waals surface area (Å²) in [7, 11) is 0. The van der Waals surface area contributed by atoms with E-state index < -0.39 is 0 Å². The van der Waals surface area contributed by atoms with Gasteiger partial charge in [-0.1, -0.05) is 30.3 Å². The number of benzene rings is 1. The maximum Gasteiger partial charge on any atom is 0.219 e. The minimum Gasteiger partial charge on any atom is -0.356 e. The summed E-state index contributed by atoms with van der Waals surface area (Å²) in [5.41, 5.74) is 1.44. The summed E-state index contributed by atoms with van der Waals surface area (Å²) in [6.45, 7) is 9.38. The van der Waals surface area contributed by atoms with Crippen LogP contribution in [0, 0.1) is 11.8 Å². The van der Waals surface area contributed by atoms with Crippen LogP contribution in [0.25, 0.3) is 0 Å². The largest absolute Gasteiger partial charge is 0.356 e. The van der Waals surface area contributed by atoms with Gasteiger partial charge in [-0.15, -0.1) is 0 Å². The van der Waals surface area contributed by atoms with Crippen LogP contribution < -0.4 is 5.32 Å². The third-order valence-corrected chi connectivity index (χ3v) is 9.08. The Labute approximate surface area is 207 Å². The number of carbonyl (C=O) groups excluding carboxylic acids is 1. The molecule has 0 aliphatic carbocycles. The average Bonchev–Trinajstić information content (AvgIpc) is 3.38. The summed E-state index contributed by atoms with van der Waals surface area (Å²) >= 11 is 0. The third kappa shape index (κ3) is 6.03. The number of piperidine rings is 3. The topological polar surface area (TPSA) is 38.8 Å². The molecule has 0 radical (unpaired) electrons. The van der Waals surface area contributed by atoms with E-state index in [1.165, 1.54) is 76.8 Å². The lowest BCUT2D eigenvalue weighted by molar-refractivity contribution is -0.121. The van der Waals surface area contributed by atoms with E-state index in [9.17, 15) is 4.79 Å². The molecule has 0 unspecified atom stereocenters. The molecule has 188 valence electrons. The smallest absolute Gasteiger partial charge is 0.219 e. The van der Waals surface area contributed by atoms with Gasteiger partial charge in [-0.2, -0.15) is 0 Å². The second-order valence-corrected chi connectivity index (χ2v) is 11.4. The molecule has 1 aromatic carbocycles. The Morgan fingerprint density at radius 3 is 2.56 bits per heavy atom. The maximum atomic E-state index is 12.5. The zero-order chi connectivity index (χ0) is 23.2. The zero-order valence-electron chi connectivity index (χ0n) is 21.2. The van der Waals surface area contributed by atoms with Crippen molar-refractivity contribution in [1.29, 1.82) is 0 Å². The molecule has 34 heavy (non-hydrogen) atoms. The van der Waals surface area contributed by atoms with Gasteiger partial charge >= 0.3 is 0 Å². The van der Waals surface area contributed by atoms with Crippen molar-refractivity contribution in [2.24, 2.45) is 11.8 Å². The van der Waals surface area contributed by atoms with Crippen LogP contribution in [-0.2, 0) is 11.3 Å². The maximum absolute atomic E-state index is 12.5. The van der Waals surface area contributed by atoms with Gasteiger partial charge in [-0.3, -0.25) is 14.6 Å². The molecule has 0 saturated carbocycles. The van der Waals surface area contributed by atoms with Crippen molar-refractivity contribution in [1.82, 2.24) is 20.0 Å². The summed E-state index contributed by atoms with van der Waals surface area (Å²) in [5, 5.41) is 3.20. The van der Waals surface area contributed by atoms with Crippen LogP contribution in [0.5, 0.6) is 0 Å². The minimum absolute atomic E-state index is 0.257. The SMILES string of the molecule is O=C(CCC[C@@H]1[C@H]2CCCN3CCC[C@@H](CN1Cc1ccccc1)[C@@H]23)NCCCN1CCCC1. The summed E-state index contributed by atoms with van der Waals surface area (Å²) < 4.78 is 0. The number of nitrogens with zero attached hydrogens (tertiary/aromatic N) is 3. The molecule has 4 aliphatic rings. The first-order valence-corrected chi connectivity index (χ1v) is 14.3. The second kappa shape index (κ2) is 12.0. The third-order valence-electron chi connectivity index (χ3n) is 9.08. The number of nitrogens with one attached hydrogen (secondary N) is 1. The van der Waals surface area contributed by atoms with Gasteiger partial charge in [-0.05, 0) is 108 Å². The van der Waals surface area contributed by atoms with Gasteiger partial charge in [0.05, 0.1) is 0 Å². The van der Waals surface area contributed by atoms with Crippen molar-refractivity contribution in [3.63, 3.8) is 0 Å². The molecule has 0 bridgehead atoms. The fourth-order valence-corrected chi connectivity index (χ4v) is 7.58. The highest BCUT2D eigenvalue weighted by Crippen LogP contribution is 2.43. The predicted octanol–water partition coefficient (Wildman–Crippen LogP) is 4.13. The molecule has 4 aliphatic heterocycles. The number of likely N-dealkylation sites (tertiary alicyclic amines) is 2. The molecule has 0 spiro atoms. The Kier molecular flexibility index (Phi) is 8.57. The second-order valence-electron chi connectivity index (χ2n) is 11.4. The summed E-state index contributed by atoms with van der Waals surface area (Å²) in [6.07, 6.45) is 12.1. The van der Waals surface area contributed by atoms with Crippen LogP contribution >= 0.6 is 0 Å². The van der Waals surface area contributed by atoms with Crippen molar-refractivity contribution < 1.29 is 4.79 Å². The average molecular weight is 467 g/mol. The quantitative estimate of drug-likeness (QED) is 0.526. The standard InChI is InChI=1S/C29H46N4O/c34-28(30-16-9-19-31-17-4-5-18-31)15-6-14-27-26-13-8-21-32-20-7-12-25(29(26)32)23-33(27)22-24-10-2-1-3-11-24/h1-3,10-11,25-27,29H,4-9,12-23H2,(H,30,34)/t25-,26+,27+,29-/m0/s1. The van der Waals surface area contributed by atoms with Crippen LogP contribution in [0.3, 0.4) is 0 Å². The summed E-state index contributed by atoms with van der Waals surface area (Å²) in [5.74, 6) is 1.87. The molecule has 5 rings (SSSR count). The van der Waals surface area contributed by atoms with E-state index in [1.807, 2.05) is 0 Å². The van der Waals surface area contributed by atoms with Crippen LogP contribution in [0.4, 0.5) is 0 Å². The van der Waals surface area contributed by atoms with Gasteiger partial charge in [0.15, 0.2) is 0 Å². The molecule has 1 N–H and O–H groups in total. The van der Waals surface area contributed by atoms with Crippen LogP contribution in [0.2, 0.25) is 0 Å². The Morgan fingerprint density at radius 1 is 0.941 bits per heavy atom. The normalized spacial score (nSPS) is 30.2. The molecule has 4 fully saturated rings. The van der Waals surface area contributed by atoms with Gasteiger partial charge in [0, 0.05) is 38.1 Å². The van der Waals surface area contributed by atoms with E-state index in [1.54, 1.807) is 0 Å². The zero-order valence-corrected chi connectivity index (χ0v) is 21.2. The van der Waals surface area contributed by atoms with Gasteiger partial charge < -0.3 is 10.2 Å². The minimum atomic E-state index is 0.257. The van der Waals surface area contributed by atoms with E-state index in [4.69, 9.17) is 0 Å². The first-order chi connectivity index (χ1) is 16.8. The monoisotopic (exact) mass is 466 g/mol. The van der Waals surface area contributed by atoms with E-state index in [-0.39, 0.29) is 5.91 Å². The van der Waals surface area contributed by atoms with Crippen LogP contribution in [0.15, 0.2) is 30.3 Å². The lowest BCUT2D eigenvalue weighted by Crippen LogP contribution is -2.64. The van der Waals surface area contributed by atoms with E-state index in [2.05, 4.69) is 50.3 Å². The van der Waals surface area contributed by atoms with E-state index >= 15 is 0 Å². The first kappa shape index (κ1) is 24.3. The Morgan fingerprint density at radius 2 is 1.74 bits per heavy atom. The van der Waals surface area contributed by atoms with Crippen molar-refractivity contribution in [3.8, 4) is 0 Å². The molecule has 4 heterocycles. The van der Waals surface area contributed by atoms with E-state index in [0.29, 0.717) is 12.5 Å². The van der Waals surface area contributed by atoms with Crippen molar-refractivity contribution in [2.75, 3.05) is 45.8 Å². The molecule has 4 atom stereocenters. The van der Waals surface area contributed by atoms with Crippen molar-refractivity contribution in [3.05, 3.63) is 35.9 Å². The van der Waals surface area contributed by atoms with Crippen LogP contribution in [0.1, 0.15) is 69.8 Å². The highest BCUT2D eigenvalue weighted by Gasteiger charge is 2.48. The number of hydrogen-bond donors (Lipinski definition) is 1. The van der Waals surface area contributed by atoms with Crippen molar-refractivity contribution >= 4 is 5.91 Å².